The van der Waals surface area contributed by atoms with Gasteiger partial charge in [-0.3, -0.25) is 77.1 Å². The zero-order valence-corrected chi connectivity index (χ0v) is 52.1. The van der Waals surface area contributed by atoms with Crippen molar-refractivity contribution < 1.29 is 82.8 Å². The highest BCUT2D eigenvalue weighted by atomic mass is 32.1. The third kappa shape index (κ3) is 29.1. The minimum atomic E-state index is -1.31. The minimum absolute atomic E-state index is 0.00258. The van der Waals surface area contributed by atoms with E-state index in [9.17, 15) is 82.8 Å². The second-order valence-electron chi connectivity index (χ2n) is 22.6. The molecule has 31 nitrogen and oxygen atoms in total. The van der Waals surface area contributed by atoms with E-state index in [2.05, 4.69) is 55.2 Å². The molecule has 0 unspecified atom stereocenters. The van der Waals surface area contributed by atoms with E-state index in [4.69, 9.17) is 5.73 Å². The van der Waals surface area contributed by atoms with Gasteiger partial charge < -0.3 is 73.6 Å². The predicted molar refractivity (Wildman–Crippen MR) is 326 cm³/mol. The number of hydrogen-bond acceptors (Lipinski definition) is 19. The van der Waals surface area contributed by atoms with Gasteiger partial charge >= 0.3 is 23.9 Å². The number of unbranched alkanes of at least 4 members (excludes halogenated alkanes) is 1. The number of likely N-dealkylation sites (tertiary alicyclic amines) is 1. The number of thiol groups is 1. The number of carboxylic acid groups (broad SMARTS) is 4. The summed E-state index contributed by atoms with van der Waals surface area (Å²) in [5, 5.41) is 58.7. The molecule has 89 heavy (non-hydrogen) atoms. The molecule has 0 aromatic heterocycles. The van der Waals surface area contributed by atoms with Crippen molar-refractivity contribution in [3.8, 4) is 0 Å². The fourth-order valence-corrected chi connectivity index (χ4v) is 10.2. The van der Waals surface area contributed by atoms with Gasteiger partial charge in [0, 0.05) is 71.1 Å². The lowest BCUT2D eigenvalue weighted by atomic mass is 9.96. The molecule has 0 radical (unpaired) electrons. The van der Waals surface area contributed by atoms with Crippen molar-refractivity contribution in [1.82, 2.24) is 67.0 Å². The number of rotatable bonds is 36. The molecule has 32 heteroatoms. The van der Waals surface area contributed by atoms with Gasteiger partial charge in [-0.25, -0.2) is 4.79 Å². The van der Waals surface area contributed by atoms with Crippen LogP contribution in [0.3, 0.4) is 0 Å². The van der Waals surface area contributed by atoms with E-state index in [1.807, 2.05) is 20.8 Å². The van der Waals surface area contributed by atoms with Gasteiger partial charge in [0.1, 0.15) is 36.3 Å². The van der Waals surface area contributed by atoms with Crippen LogP contribution in [0.25, 0.3) is 0 Å². The molecule has 14 N–H and O–H groups in total. The van der Waals surface area contributed by atoms with Crippen LogP contribution in [0.5, 0.6) is 0 Å². The van der Waals surface area contributed by atoms with Gasteiger partial charge in [-0.15, -0.1) is 0 Å². The summed E-state index contributed by atoms with van der Waals surface area (Å²) in [6.45, 7) is 5.79. The van der Waals surface area contributed by atoms with Crippen molar-refractivity contribution in [3.05, 3.63) is 35.9 Å². The average molecular weight is 1280 g/mol. The van der Waals surface area contributed by atoms with Gasteiger partial charge in [0.2, 0.25) is 53.2 Å². The molecule has 2 fully saturated rings. The third-order valence-corrected chi connectivity index (χ3v) is 15.3. The van der Waals surface area contributed by atoms with E-state index >= 15 is 0 Å². The number of nitrogens with two attached hydrogens (primary N) is 1. The Hall–Kier alpha value is -7.52. The van der Waals surface area contributed by atoms with E-state index in [0.29, 0.717) is 31.2 Å². The van der Waals surface area contributed by atoms with Crippen molar-refractivity contribution in [3.63, 3.8) is 0 Å². The maximum Gasteiger partial charge on any atom is 0.326 e. The lowest BCUT2D eigenvalue weighted by Crippen LogP contribution is -2.60. The highest BCUT2D eigenvalue weighted by Gasteiger charge is 2.40. The number of carbonyl (C=O) groups excluding carboxylic acids is 9. The van der Waals surface area contributed by atoms with Crippen LogP contribution in [0, 0.1) is 11.8 Å². The topological polar surface area (TPSA) is 441 Å². The van der Waals surface area contributed by atoms with Gasteiger partial charge in [-0.2, -0.15) is 12.6 Å². The summed E-state index contributed by atoms with van der Waals surface area (Å²) < 4.78 is 0. The van der Waals surface area contributed by atoms with Gasteiger partial charge in [0.25, 0.3) is 0 Å². The summed E-state index contributed by atoms with van der Waals surface area (Å²) in [7, 11) is 0. The molecule has 1 aromatic carbocycles. The van der Waals surface area contributed by atoms with Crippen LogP contribution in [0.1, 0.15) is 78.2 Å². The first kappa shape index (κ1) is 75.7. The summed E-state index contributed by atoms with van der Waals surface area (Å²) in [6.07, 6.45) is 2.19. The number of nitrogens with one attached hydrogen (secondary N) is 8. The van der Waals surface area contributed by atoms with E-state index in [1.165, 1.54) is 4.90 Å². The number of benzene rings is 1. The molecule has 9 amide bonds. The highest BCUT2D eigenvalue weighted by molar-refractivity contribution is 7.80. The maximum absolute atomic E-state index is 14.3. The smallest absolute Gasteiger partial charge is 0.326 e. The molecule has 0 aliphatic carbocycles. The number of nitrogens with zero attached hydrogens (tertiary/aromatic N) is 5. The van der Waals surface area contributed by atoms with Crippen LogP contribution in [0.15, 0.2) is 30.3 Å². The quantitative estimate of drug-likeness (QED) is 0.0223. The number of aliphatic carboxylic acids is 4. The molecule has 0 spiro atoms. The standard InChI is InChI=1S/C57H92N14O17S/c1-5-37(4)51(55(85)64-40(26-36(2)3)53(83)65-41(57(87)88)27-38-12-7-6-8-13-38)66-54(84)43-15-11-17-71(43)56(86)39(14-9-10-16-58)62-46(74)30-61-52(82)42(35-89)63-45(73)29-59-44(72)28-60-47(75)31-67-18-20-68(32-48(76)77)22-24-70(34-50(80)81)25-23-69(21-19-67)33-49(78)79/h6-8,12-13,36-37,39-43,51,89H,5,9-11,14-35,58H2,1-4H3,(H,59,72)(H,60,75)(H,61,82)(H,62,74)(H,63,73)(H,64,85)(H,65,83)(H,66,84)(H,76,77)(H,78,79)(H,80,81)(H,87,88)/t37-,39-,40-,41-,42-,43-,51-/m0/s1. The molecule has 2 aliphatic heterocycles. The van der Waals surface area contributed by atoms with E-state index in [0.717, 1.165) is 0 Å². The first-order chi connectivity index (χ1) is 42.2. The number of amides is 9. The summed E-state index contributed by atoms with van der Waals surface area (Å²) in [5.74, 6) is -11.9. The number of carbonyl (C=O) groups is 13. The fourth-order valence-electron chi connectivity index (χ4n) is 9.93. The molecule has 2 heterocycles. The highest BCUT2D eigenvalue weighted by Crippen LogP contribution is 2.22. The molecule has 2 saturated heterocycles. The largest absolute Gasteiger partial charge is 0.480 e. The van der Waals surface area contributed by atoms with Gasteiger partial charge in [-0.1, -0.05) is 64.4 Å². The van der Waals surface area contributed by atoms with Crippen LogP contribution in [-0.2, 0) is 68.7 Å². The van der Waals surface area contributed by atoms with Crippen molar-refractivity contribution in [2.75, 3.05) is 117 Å². The van der Waals surface area contributed by atoms with Gasteiger partial charge in [-0.05, 0) is 62.5 Å². The maximum atomic E-state index is 14.3. The predicted octanol–water partition coefficient (Wildman–Crippen LogP) is -4.30. The number of hydrogen-bond donors (Lipinski definition) is 14. The van der Waals surface area contributed by atoms with Crippen LogP contribution >= 0.6 is 12.6 Å². The number of carboxylic acids is 4. The first-order valence-electron chi connectivity index (χ1n) is 30.0. The lowest BCUT2D eigenvalue weighted by molar-refractivity contribution is -0.143. The monoisotopic (exact) mass is 1280 g/mol. The Bertz CT molecular complexity index is 2520. The zero-order valence-electron chi connectivity index (χ0n) is 51.2. The average Bonchev–Trinajstić information content (AvgIpc) is 3.55. The Morgan fingerprint density at radius 2 is 1.06 bits per heavy atom. The van der Waals surface area contributed by atoms with E-state index in [-0.39, 0.29) is 129 Å². The van der Waals surface area contributed by atoms with Gasteiger partial charge in [0.15, 0.2) is 0 Å². The Labute approximate surface area is 523 Å². The second-order valence-corrected chi connectivity index (χ2v) is 23.0. The molecule has 7 atom stereocenters. The molecule has 2 aliphatic rings. The molecular weight excluding hydrogens is 1180 g/mol. The molecule has 498 valence electrons. The summed E-state index contributed by atoms with van der Waals surface area (Å²) in [5.41, 5.74) is 6.42. The Balaban J connectivity index is 1.57. The molecule has 0 saturated carbocycles. The van der Waals surface area contributed by atoms with Crippen molar-refractivity contribution in [1.29, 1.82) is 0 Å². The summed E-state index contributed by atoms with van der Waals surface area (Å²) in [4.78, 5) is 176. The molecule has 0 bridgehead atoms. The van der Waals surface area contributed by atoms with Crippen molar-refractivity contribution in [2.24, 2.45) is 17.6 Å². The SMILES string of the molecule is CC[C@H](C)[C@H](NC(=O)[C@@H]1CCCN1C(=O)[C@H](CCCCN)NC(=O)CNC(=O)[C@H](CS)NC(=O)CNC(=O)CNC(=O)CN1CCN(CC(=O)O)CCN(CC(=O)O)CCN(CC(=O)O)CC1)C(=O)N[C@@H](CC(C)C)C(=O)N[C@@H](Cc1ccccc1)C(=O)O. The zero-order chi connectivity index (χ0) is 66.2. The van der Waals surface area contributed by atoms with E-state index < -0.39 is 139 Å². The third-order valence-electron chi connectivity index (χ3n) is 15.0. The minimum Gasteiger partial charge on any atom is -0.480 e. The van der Waals surface area contributed by atoms with Crippen LogP contribution < -0.4 is 48.3 Å². The summed E-state index contributed by atoms with van der Waals surface area (Å²) in [6, 6.07) is 1.57. The molecule has 3 rings (SSSR count). The Kier molecular flexibility index (Phi) is 34.2. The Morgan fingerprint density at radius 1 is 0.562 bits per heavy atom. The lowest BCUT2D eigenvalue weighted by Gasteiger charge is -2.32. The normalized spacial score (nSPS) is 17.6. The Morgan fingerprint density at radius 3 is 1.55 bits per heavy atom. The van der Waals surface area contributed by atoms with Crippen LogP contribution in [0.4, 0.5) is 0 Å². The molecular formula is C57H92N14O17S. The van der Waals surface area contributed by atoms with Crippen molar-refractivity contribution in [2.45, 2.75) is 115 Å². The first-order valence-corrected chi connectivity index (χ1v) is 30.6. The summed E-state index contributed by atoms with van der Waals surface area (Å²) >= 11 is 4.16. The van der Waals surface area contributed by atoms with Crippen LogP contribution in [-0.4, -0.2) is 275 Å². The fraction of sp³-hybridized carbons (Fsp3) is 0.667. The van der Waals surface area contributed by atoms with Crippen molar-refractivity contribution >= 4 is 89.7 Å². The van der Waals surface area contributed by atoms with Crippen LogP contribution in [0.2, 0.25) is 0 Å². The van der Waals surface area contributed by atoms with Gasteiger partial charge in [0.05, 0.1) is 45.8 Å². The van der Waals surface area contributed by atoms with E-state index in [1.54, 1.807) is 56.9 Å². The second kappa shape index (κ2) is 40.2. The molecule has 1 aromatic rings.